The average molecular weight is 344 g/mol. The fourth-order valence-electron chi connectivity index (χ4n) is 2.88. The number of carbonyl (C=O) groups excluding carboxylic acids is 1. The maximum absolute atomic E-state index is 12.4. The third-order valence-corrected chi connectivity index (χ3v) is 5.74. The van der Waals surface area contributed by atoms with Crippen molar-refractivity contribution in [3.8, 4) is 0 Å². The number of hydrogen-bond acceptors (Lipinski definition) is 5. The van der Waals surface area contributed by atoms with Gasteiger partial charge in [0.25, 0.3) is 0 Å². The second-order valence-electron chi connectivity index (χ2n) is 6.70. The summed E-state index contributed by atoms with van der Waals surface area (Å²) >= 11 is 1.62. The Morgan fingerprint density at radius 2 is 1.96 bits per heavy atom. The smallest absolute Gasteiger partial charge is 0.228 e. The number of amides is 1. The summed E-state index contributed by atoms with van der Waals surface area (Å²) in [5.74, 6) is 0.165. The van der Waals surface area contributed by atoms with Gasteiger partial charge in [0.2, 0.25) is 5.91 Å². The molecule has 0 atom stereocenters. The summed E-state index contributed by atoms with van der Waals surface area (Å²) in [5, 5.41) is 6.30. The van der Waals surface area contributed by atoms with Crippen molar-refractivity contribution in [1.82, 2.24) is 15.2 Å². The van der Waals surface area contributed by atoms with E-state index < -0.39 is 0 Å². The Bertz CT molecular complexity index is 702. The molecule has 0 unspecified atom stereocenters. The lowest BCUT2D eigenvalue weighted by molar-refractivity contribution is -0.131. The number of nitrogens with zero attached hydrogens (tertiary/aromatic N) is 2. The van der Waals surface area contributed by atoms with Crippen molar-refractivity contribution in [3.05, 3.63) is 45.9 Å². The van der Waals surface area contributed by atoms with Crippen molar-refractivity contribution in [2.45, 2.75) is 25.7 Å². The molecule has 128 valence electrons. The Hall–Kier alpha value is -1.92. The van der Waals surface area contributed by atoms with Crippen molar-refractivity contribution >= 4 is 22.9 Å². The molecule has 0 aliphatic carbocycles. The maximum atomic E-state index is 12.4. The second-order valence-corrected chi connectivity index (χ2v) is 7.56. The molecule has 1 aromatic carbocycles. The largest absolute Gasteiger partial charge is 0.399 e. The molecule has 0 bridgehead atoms. The van der Waals surface area contributed by atoms with E-state index in [1.807, 2.05) is 34.5 Å². The molecular weight excluding hydrogens is 320 g/mol. The zero-order valence-corrected chi connectivity index (χ0v) is 15.0. The van der Waals surface area contributed by atoms with Gasteiger partial charge >= 0.3 is 0 Å². The number of aromatic nitrogens is 1. The van der Waals surface area contributed by atoms with E-state index in [1.54, 1.807) is 11.3 Å². The Labute approximate surface area is 146 Å². The maximum Gasteiger partial charge on any atom is 0.228 e. The topological polar surface area (TPSA) is 71.2 Å². The number of anilines is 1. The molecule has 0 spiro atoms. The molecule has 3 N–H and O–H groups in total. The van der Waals surface area contributed by atoms with Gasteiger partial charge in [-0.2, -0.15) is 0 Å². The highest BCUT2D eigenvalue weighted by atomic mass is 32.1. The second kappa shape index (κ2) is 6.91. The van der Waals surface area contributed by atoms with Crippen LogP contribution in [0.3, 0.4) is 0 Å². The molecule has 1 aliphatic rings. The molecule has 2 heterocycles. The van der Waals surface area contributed by atoms with Crippen LogP contribution in [0.5, 0.6) is 0 Å². The molecule has 1 aromatic heterocycles. The first-order valence-electron chi connectivity index (χ1n) is 8.26. The van der Waals surface area contributed by atoms with Crippen LogP contribution >= 0.6 is 11.3 Å². The molecule has 1 amide bonds. The van der Waals surface area contributed by atoms with E-state index in [1.165, 1.54) is 5.56 Å². The average Bonchev–Trinajstić information content (AvgIpc) is 3.05. The third kappa shape index (κ3) is 3.60. The van der Waals surface area contributed by atoms with Crippen LogP contribution in [-0.2, 0) is 16.6 Å². The SMILES string of the molecule is CC(C)(c1ccc(N)cc1)c1nc(CC(=O)N2CCNCC2)cs1. The van der Waals surface area contributed by atoms with Crippen LogP contribution in [-0.4, -0.2) is 42.0 Å². The van der Waals surface area contributed by atoms with Crippen LogP contribution in [0.4, 0.5) is 5.69 Å². The standard InChI is InChI=1S/C18H24N4OS/c1-18(2,13-3-5-14(19)6-4-13)17-21-15(12-24-17)11-16(23)22-9-7-20-8-10-22/h3-6,12,20H,7-11,19H2,1-2H3. The van der Waals surface area contributed by atoms with Crippen molar-refractivity contribution in [1.29, 1.82) is 0 Å². The summed E-state index contributed by atoms with van der Waals surface area (Å²) in [4.78, 5) is 19.0. The molecule has 0 radical (unpaired) electrons. The van der Waals surface area contributed by atoms with Crippen LogP contribution in [0.1, 0.15) is 30.1 Å². The van der Waals surface area contributed by atoms with Crippen LogP contribution in [0.25, 0.3) is 0 Å². The number of nitrogen functional groups attached to an aromatic ring is 1. The summed E-state index contributed by atoms with van der Waals surface area (Å²) in [6.07, 6.45) is 0.383. The number of rotatable bonds is 4. The van der Waals surface area contributed by atoms with Gasteiger partial charge in [0, 0.05) is 42.7 Å². The fourth-order valence-corrected chi connectivity index (χ4v) is 3.85. The van der Waals surface area contributed by atoms with E-state index in [2.05, 4.69) is 19.2 Å². The van der Waals surface area contributed by atoms with Crippen LogP contribution in [0, 0.1) is 0 Å². The van der Waals surface area contributed by atoms with Gasteiger partial charge in [-0.3, -0.25) is 4.79 Å². The third-order valence-electron chi connectivity index (χ3n) is 4.52. The van der Waals surface area contributed by atoms with E-state index in [0.29, 0.717) is 6.42 Å². The van der Waals surface area contributed by atoms with Gasteiger partial charge in [0.05, 0.1) is 12.1 Å². The molecular formula is C18H24N4OS. The van der Waals surface area contributed by atoms with Crippen molar-refractivity contribution in [2.24, 2.45) is 0 Å². The minimum atomic E-state index is -0.200. The lowest BCUT2D eigenvalue weighted by atomic mass is 9.85. The molecule has 2 aromatic rings. The predicted molar refractivity (Wildman–Crippen MR) is 98.3 cm³/mol. The first kappa shape index (κ1) is 16.9. The molecule has 3 rings (SSSR count). The summed E-state index contributed by atoms with van der Waals surface area (Å²) in [6.45, 7) is 7.62. The first-order chi connectivity index (χ1) is 11.5. The van der Waals surface area contributed by atoms with Crippen LogP contribution < -0.4 is 11.1 Å². The minimum Gasteiger partial charge on any atom is -0.399 e. The summed E-state index contributed by atoms with van der Waals surface area (Å²) in [6, 6.07) is 7.92. The van der Waals surface area contributed by atoms with E-state index in [-0.39, 0.29) is 11.3 Å². The number of hydrogen-bond donors (Lipinski definition) is 2. The number of piperazine rings is 1. The molecule has 6 heteroatoms. The highest BCUT2D eigenvalue weighted by Gasteiger charge is 2.27. The number of nitrogens with two attached hydrogens (primary N) is 1. The van der Waals surface area contributed by atoms with Crippen molar-refractivity contribution in [3.63, 3.8) is 0 Å². The highest BCUT2D eigenvalue weighted by molar-refractivity contribution is 7.09. The van der Waals surface area contributed by atoms with Gasteiger partial charge in [-0.05, 0) is 31.5 Å². The minimum absolute atomic E-state index is 0.165. The van der Waals surface area contributed by atoms with Gasteiger partial charge in [-0.25, -0.2) is 4.98 Å². The zero-order valence-electron chi connectivity index (χ0n) is 14.2. The lowest BCUT2D eigenvalue weighted by Crippen LogP contribution is -2.47. The molecule has 5 nitrogen and oxygen atoms in total. The van der Waals surface area contributed by atoms with E-state index >= 15 is 0 Å². The Kier molecular flexibility index (Phi) is 4.87. The number of thiazole rings is 1. The normalized spacial score (nSPS) is 15.5. The van der Waals surface area contributed by atoms with Crippen molar-refractivity contribution < 1.29 is 4.79 Å². The van der Waals surface area contributed by atoms with Crippen LogP contribution in [0.15, 0.2) is 29.6 Å². The predicted octanol–water partition coefficient (Wildman–Crippen LogP) is 2.03. The molecule has 1 fully saturated rings. The Morgan fingerprint density at radius 3 is 2.62 bits per heavy atom. The molecule has 1 aliphatic heterocycles. The Morgan fingerprint density at radius 1 is 1.29 bits per heavy atom. The van der Waals surface area contributed by atoms with Gasteiger partial charge in [-0.15, -0.1) is 11.3 Å². The van der Waals surface area contributed by atoms with E-state index in [0.717, 1.165) is 42.6 Å². The monoisotopic (exact) mass is 344 g/mol. The van der Waals surface area contributed by atoms with E-state index in [4.69, 9.17) is 10.7 Å². The molecule has 24 heavy (non-hydrogen) atoms. The number of carbonyl (C=O) groups is 1. The molecule has 0 saturated carbocycles. The van der Waals surface area contributed by atoms with Crippen molar-refractivity contribution in [2.75, 3.05) is 31.9 Å². The summed E-state index contributed by atoms with van der Waals surface area (Å²) < 4.78 is 0. The quantitative estimate of drug-likeness (QED) is 0.833. The number of nitrogens with one attached hydrogen (secondary N) is 1. The first-order valence-corrected chi connectivity index (χ1v) is 9.14. The van der Waals surface area contributed by atoms with Gasteiger partial charge in [0.1, 0.15) is 5.01 Å². The van der Waals surface area contributed by atoms with Gasteiger partial charge < -0.3 is 16.0 Å². The lowest BCUT2D eigenvalue weighted by Gasteiger charge is -2.27. The van der Waals surface area contributed by atoms with Gasteiger partial charge in [-0.1, -0.05) is 12.1 Å². The van der Waals surface area contributed by atoms with E-state index in [9.17, 15) is 4.79 Å². The number of benzene rings is 1. The highest BCUT2D eigenvalue weighted by Crippen LogP contribution is 2.34. The fraction of sp³-hybridized carbons (Fsp3) is 0.444. The zero-order chi connectivity index (χ0) is 17.2. The molecule has 1 saturated heterocycles. The van der Waals surface area contributed by atoms with Gasteiger partial charge in [0.15, 0.2) is 0 Å². The Balaban J connectivity index is 1.72. The summed E-state index contributed by atoms with van der Waals surface area (Å²) in [7, 11) is 0. The van der Waals surface area contributed by atoms with Crippen LogP contribution in [0.2, 0.25) is 0 Å². The summed E-state index contributed by atoms with van der Waals surface area (Å²) in [5.41, 5.74) is 8.37.